The fourth-order valence-corrected chi connectivity index (χ4v) is 3.30. The lowest BCUT2D eigenvalue weighted by atomic mass is 10.2. The summed E-state index contributed by atoms with van der Waals surface area (Å²) in [6, 6.07) is 4.18. The Labute approximate surface area is 189 Å². The van der Waals surface area contributed by atoms with Gasteiger partial charge in [0.25, 0.3) is 0 Å². The van der Waals surface area contributed by atoms with Crippen LogP contribution >= 0.6 is 35.3 Å². The summed E-state index contributed by atoms with van der Waals surface area (Å²) in [7, 11) is 3.47. The third-order valence-corrected chi connectivity index (χ3v) is 5.14. The number of carbonyl (C=O) groups is 1. The van der Waals surface area contributed by atoms with Crippen molar-refractivity contribution in [3.8, 4) is 0 Å². The second-order valence-electron chi connectivity index (χ2n) is 6.70. The summed E-state index contributed by atoms with van der Waals surface area (Å²) in [5.41, 5.74) is 0. The average Bonchev–Trinajstić information content (AvgIpc) is 3.35. The van der Waals surface area contributed by atoms with Gasteiger partial charge in [0.05, 0.1) is 12.7 Å². The predicted molar refractivity (Wildman–Crippen MR) is 125 cm³/mol. The summed E-state index contributed by atoms with van der Waals surface area (Å²) in [6.07, 6.45) is 4.32. The van der Waals surface area contributed by atoms with Crippen LogP contribution in [0.15, 0.2) is 22.5 Å². The second-order valence-corrected chi connectivity index (χ2v) is 7.73. The van der Waals surface area contributed by atoms with Crippen molar-refractivity contribution in [1.29, 1.82) is 0 Å². The van der Waals surface area contributed by atoms with E-state index in [1.165, 1.54) is 4.88 Å². The van der Waals surface area contributed by atoms with Crippen LogP contribution in [0.5, 0.6) is 0 Å². The lowest BCUT2D eigenvalue weighted by molar-refractivity contribution is -0.127. The fraction of sp³-hybridized carbons (Fsp3) is 0.684. The van der Waals surface area contributed by atoms with Gasteiger partial charge in [-0.05, 0) is 37.1 Å². The van der Waals surface area contributed by atoms with E-state index in [0.29, 0.717) is 19.2 Å². The van der Waals surface area contributed by atoms with Crippen molar-refractivity contribution in [2.45, 2.75) is 31.8 Å². The Hall–Kier alpha value is -0.910. The summed E-state index contributed by atoms with van der Waals surface area (Å²) in [5, 5.41) is 8.66. The molecule has 7 nitrogen and oxygen atoms in total. The number of rotatable bonds is 11. The number of hydrogen-bond donors (Lipinski definition) is 2. The number of nitrogens with zero attached hydrogens (tertiary/aromatic N) is 2. The van der Waals surface area contributed by atoms with Crippen LogP contribution in [-0.4, -0.2) is 76.4 Å². The van der Waals surface area contributed by atoms with Gasteiger partial charge in [0.2, 0.25) is 5.91 Å². The molecule has 0 spiro atoms. The van der Waals surface area contributed by atoms with E-state index >= 15 is 0 Å². The van der Waals surface area contributed by atoms with Gasteiger partial charge in [-0.25, -0.2) is 4.99 Å². The number of ether oxygens (including phenoxy) is 2. The first-order valence-electron chi connectivity index (χ1n) is 9.59. The number of nitrogens with one attached hydrogen (secondary N) is 2. The fourth-order valence-electron chi connectivity index (χ4n) is 2.59. The molecule has 2 rings (SSSR count). The number of likely N-dealkylation sites (N-methyl/N-ethyl adjacent to an activating group) is 1. The Morgan fingerprint density at radius 1 is 1.39 bits per heavy atom. The molecule has 1 saturated heterocycles. The third kappa shape index (κ3) is 10.6. The van der Waals surface area contributed by atoms with Crippen LogP contribution in [0.1, 0.15) is 24.1 Å². The Morgan fingerprint density at radius 2 is 2.21 bits per heavy atom. The van der Waals surface area contributed by atoms with Crippen molar-refractivity contribution in [2.75, 3.05) is 53.6 Å². The molecule has 1 aromatic rings. The van der Waals surface area contributed by atoms with Gasteiger partial charge in [-0.2, -0.15) is 0 Å². The monoisotopic (exact) mass is 524 g/mol. The predicted octanol–water partition coefficient (Wildman–Crippen LogP) is 2.12. The van der Waals surface area contributed by atoms with Gasteiger partial charge in [-0.3, -0.25) is 4.79 Å². The lowest BCUT2D eigenvalue weighted by Crippen LogP contribution is -2.40. The highest BCUT2D eigenvalue weighted by atomic mass is 127. The van der Waals surface area contributed by atoms with E-state index in [4.69, 9.17) is 9.47 Å². The Morgan fingerprint density at radius 3 is 2.89 bits per heavy atom. The molecule has 9 heteroatoms. The standard InChI is InChI=1S/C19H32N4O3S.HI/c1-23(2)18(24)14-22-19(21-10-8-17-7-4-13-27-17)20-9-5-11-25-15-16-6-3-12-26-16;/h4,7,13,16H,3,5-6,8-12,14-15H2,1-2H3,(H2,20,21,22);1H. The number of aliphatic imine (C=N–C) groups is 1. The second kappa shape index (κ2) is 15.0. The van der Waals surface area contributed by atoms with Crippen molar-refractivity contribution in [3.63, 3.8) is 0 Å². The minimum absolute atomic E-state index is 0. The van der Waals surface area contributed by atoms with Crippen molar-refractivity contribution >= 4 is 47.2 Å². The van der Waals surface area contributed by atoms with E-state index in [2.05, 4.69) is 33.1 Å². The Bertz CT molecular complexity index is 564. The van der Waals surface area contributed by atoms with Crippen molar-refractivity contribution < 1.29 is 14.3 Å². The molecule has 1 unspecified atom stereocenters. The molecule has 0 aliphatic carbocycles. The first-order chi connectivity index (χ1) is 13.1. The van der Waals surface area contributed by atoms with Crippen LogP contribution in [-0.2, 0) is 20.7 Å². The molecular formula is C19H33IN4O3S. The van der Waals surface area contributed by atoms with E-state index < -0.39 is 0 Å². The van der Waals surface area contributed by atoms with Gasteiger partial charge in [-0.15, -0.1) is 35.3 Å². The lowest BCUT2D eigenvalue weighted by Gasteiger charge is -2.14. The molecule has 0 aromatic carbocycles. The number of halogens is 1. The van der Waals surface area contributed by atoms with E-state index in [9.17, 15) is 4.79 Å². The summed E-state index contributed by atoms with van der Waals surface area (Å²) in [5.74, 6) is 0.648. The maximum absolute atomic E-state index is 11.8. The minimum atomic E-state index is -0.0192. The Balaban J connectivity index is 0.00000392. The van der Waals surface area contributed by atoms with Crippen molar-refractivity contribution in [3.05, 3.63) is 22.4 Å². The maximum Gasteiger partial charge on any atom is 0.243 e. The quantitative estimate of drug-likeness (QED) is 0.201. The molecule has 160 valence electrons. The van der Waals surface area contributed by atoms with Crippen molar-refractivity contribution in [2.24, 2.45) is 4.99 Å². The highest BCUT2D eigenvalue weighted by Crippen LogP contribution is 2.11. The first kappa shape index (κ1) is 25.1. The molecule has 1 aliphatic heterocycles. The maximum atomic E-state index is 11.8. The summed E-state index contributed by atoms with van der Waals surface area (Å²) in [6.45, 7) is 3.88. The molecule has 2 N–H and O–H groups in total. The van der Waals surface area contributed by atoms with Gasteiger partial charge < -0.3 is 25.0 Å². The van der Waals surface area contributed by atoms with E-state index in [-0.39, 0.29) is 42.5 Å². The molecule has 0 saturated carbocycles. The van der Waals surface area contributed by atoms with Crippen LogP contribution in [0.2, 0.25) is 0 Å². The first-order valence-corrected chi connectivity index (χ1v) is 10.5. The molecule has 0 bridgehead atoms. The molecule has 1 aromatic heterocycles. The summed E-state index contributed by atoms with van der Waals surface area (Å²) >= 11 is 1.75. The zero-order chi connectivity index (χ0) is 19.3. The Kier molecular flexibility index (Phi) is 13.5. The van der Waals surface area contributed by atoms with Gasteiger partial charge in [0.15, 0.2) is 5.96 Å². The number of amides is 1. The highest BCUT2D eigenvalue weighted by Gasteiger charge is 2.14. The smallest absolute Gasteiger partial charge is 0.243 e. The van der Waals surface area contributed by atoms with Crippen LogP contribution in [0.4, 0.5) is 0 Å². The molecule has 2 heterocycles. The topological polar surface area (TPSA) is 75.2 Å². The number of carbonyl (C=O) groups excluding carboxylic acids is 1. The third-order valence-electron chi connectivity index (χ3n) is 4.20. The molecular weight excluding hydrogens is 491 g/mol. The zero-order valence-corrected chi connectivity index (χ0v) is 20.0. The zero-order valence-electron chi connectivity index (χ0n) is 16.8. The summed E-state index contributed by atoms with van der Waals surface area (Å²) in [4.78, 5) is 19.0. The molecule has 0 radical (unpaired) electrons. The minimum Gasteiger partial charge on any atom is -0.379 e. The number of guanidine groups is 1. The van der Waals surface area contributed by atoms with Gasteiger partial charge in [-0.1, -0.05) is 6.07 Å². The van der Waals surface area contributed by atoms with E-state index in [0.717, 1.165) is 45.4 Å². The van der Waals surface area contributed by atoms with Crippen LogP contribution in [0, 0.1) is 0 Å². The largest absolute Gasteiger partial charge is 0.379 e. The van der Waals surface area contributed by atoms with Crippen molar-refractivity contribution in [1.82, 2.24) is 15.5 Å². The van der Waals surface area contributed by atoms with E-state index in [1.54, 1.807) is 30.3 Å². The van der Waals surface area contributed by atoms with Crippen LogP contribution in [0.3, 0.4) is 0 Å². The van der Waals surface area contributed by atoms with Gasteiger partial charge in [0.1, 0.15) is 6.54 Å². The summed E-state index contributed by atoms with van der Waals surface area (Å²) < 4.78 is 11.2. The van der Waals surface area contributed by atoms with Gasteiger partial charge in [0, 0.05) is 45.3 Å². The molecule has 1 fully saturated rings. The highest BCUT2D eigenvalue weighted by molar-refractivity contribution is 14.0. The molecule has 1 amide bonds. The molecule has 28 heavy (non-hydrogen) atoms. The van der Waals surface area contributed by atoms with Crippen LogP contribution in [0.25, 0.3) is 0 Å². The molecule has 1 aliphatic rings. The van der Waals surface area contributed by atoms with E-state index in [1.807, 2.05) is 0 Å². The molecule has 1 atom stereocenters. The van der Waals surface area contributed by atoms with Crippen LogP contribution < -0.4 is 10.6 Å². The number of hydrogen-bond acceptors (Lipinski definition) is 5. The average molecular weight is 524 g/mol. The normalized spacial score (nSPS) is 16.5. The number of thiophene rings is 1. The van der Waals surface area contributed by atoms with Gasteiger partial charge >= 0.3 is 0 Å². The SMILES string of the molecule is CN(C)C(=O)CN=C(NCCCOCC1CCCO1)NCCc1cccs1.I.